The molecule has 0 aliphatic heterocycles. The molecule has 0 atom stereocenters. The molecule has 0 spiro atoms. The first-order chi connectivity index (χ1) is 8.97. The minimum absolute atomic E-state index is 0.00664. The summed E-state index contributed by atoms with van der Waals surface area (Å²) in [6.07, 6.45) is 1.36. The van der Waals surface area contributed by atoms with E-state index in [-0.39, 0.29) is 22.9 Å². The van der Waals surface area contributed by atoms with Crippen LogP contribution in [0.2, 0.25) is 10.0 Å². The number of aromatic nitrogens is 1. The number of Topliss-reactive ketones (excluding diaryl/α,β-unsaturated/α-hetero) is 1. The molecule has 0 N–H and O–H groups in total. The summed E-state index contributed by atoms with van der Waals surface area (Å²) in [5.41, 5.74) is 0.667. The molecule has 6 heteroatoms. The van der Waals surface area contributed by atoms with Gasteiger partial charge < -0.3 is 0 Å². The highest BCUT2D eigenvalue weighted by atomic mass is 79.9. The van der Waals surface area contributed by atoms with E-state index in [1.165, 1.54) is 24.4 Å². The monoisotopic (exact) mass is 361 g/mol. The fourth-order valence-electron chi connectivity index (χ4n) is 1.56. The van der Waals surface area contributed by atoms with Gasteiger partial charge in [0.25, 0.3) is 0 Å². The fraction of sp³-hybridized carbons (Fsp3) is 0.0769. The van der Waals surface area contributed by atoms with Gasteiger partial charge in [0, 0.05) is 17.1 Å². The Morgan fingerprint density at radius 2 is 2.05 bits per heavy atom. The van der Waals surface area contributed by atoms with Crippen LogP contribution in [0, 0.1) is 5.82 Å². The lowest BCUT2D eigenvalue weighted by Crippen LogP contribution is -2.07. The van der Waals surface area contributed by atoms with E-state index in [9.17, 15) is 9.18 Å². The Hall–Kier alpha value is -0.970. The molecule has 0 aliphatic rings. The standard InChI is InChI=1S/C13H7BrCl2FNO/c14-10-2-1-9(17)3-7(10)4-12(19)13-11(16)5-8(15)6-18-13/h1-3,5-6H,4H2. The molecule has 2 rings (SSSR count). The first-order valence-corrected chi connectivity index (χ1v) is 6.80. The number of carbonyl (C=O) groups excluding carboxylic acids is 1. The van der Waals surface area contributed by atoms with Crippen molar-refractivity contribution in [3.63, 3.8) is 0 Å². The predicted molar refractivity (Wildman–Crippen MR) is 76.4 cm³/mol. The molecule has 1 aromatic heterocycles. The topological polar surface area (TPSA) is 30.0 Å². The van der Waals surface area contributed by atoms with Gasteiger partial charge in [0.1, 0.15) is 11.5 Å². The molecule has 0 bridgehead atoms. The summed E-state index contributed by atoms with van der Waals surface area (Å²) in [4.78, 5) is 16.0. The zero-order chi connectivity index (χ0) is 14.0. The largest absolute Gasteiger partial charge is 0.292 e. The van der Waals surface area contributed by atoms with Crippen LogP contribution in [0.1, 0.15) is 16.1 Å². The van der Waals surface area contributed by atoms with Gasteiger partial charge in [-0.05, 0) is 29.8 Å². The summed E-state index contributed by atoms with van der Waals surface area (Å²) in [6, 6.07) is 5.61. The van der Waals surface area contributed by atoms with Gasteiger partial charge in [0.05, 0.1) is 10.0 Å². The van der Waals surface area contributed by atoms with Crippen molar-refractivity contribution >= 4 is 44.9 Å². The smallest absolute Gasteiger partial charge is 0.187 e. The zero-order valence-corrected chi connectivity index (χ0v) is 12.6. The highest BCUT2D eigenvalue weighted by Gasteiger charge is 2.15. The second kappa shape index (κ2) is 5.99. The summed E-state index contributed by atoms with van der Waals surface area (Å²) in [6.45, 7) is 0. The van der Waals surface area contributed by atoms with Gasteiger partial charge in [-0.1, -0.05) is 39.1 Å². The minimum Gasteiger partial charge on any atom is -0.292 e. The Labute approximate surface area is 127 Å². The SMILES string of the molecule is O=C(Cc1cc(F)ccc1Br)c1ncc(Cl)cc1Cl. The molecular formula is C13H7BrCl2FNO. The highest BCUT2D eigenvalue weighted by molar-refractivity contribution is 9.10. The maximum atomic E-state index is 13.1. The van der Waals surface area contributed by atoms with Crippen molar-refractivity contribution in [3.8, 4) is 0 Å². The summed E-state index contributed by atoms with van der Waals surface area (Å²) in [7, 11) is 0. The molecule has 0 saturated carbocycles. The first-order valence-electron chi connectivity index (χ1n) is 5.25. The molecule has 0 radical (unpaired) electrons. The number of hydrogen-bond donors (Lipinski definition) is 0. The van der Waals surface area contributed by atoms with Crippen molar-refractivity contribution < 1.29 is 9.18 Å². The molecule has 0 fully saturated rings. The number of benzene rings is 1. The third-order valence-electron chi connectivity index (χ3n) is 2.43. The Morgan fingerprint density at radius 1 is 1.32 bits per heavy atom. The molecular weight excluding hydrogens is 356 g/mol. The summed E-state index contributed by atoms with van der Waals surface area (Å²) in [5.74, 6) is -0.700. The average molecular weight is 363 g/mol. The zero-order valence-electron chi connectivity index (χ0n) is 9.46. The van der Waals surface area contributed by atoms with E-state index in [2.05, 4.69) is 20.9 Å². The molecule has 1 heterocycles. The van der Waals surface area contributed by atoms with Crippen molar-refractivity contribution in [2.24, 2.45) is 0 Å². The van der Waals surface area contributed by atoms with Crippen LogP contribution >= 0.6 is 39.1 Å². The maximum Gasteiger partial charge on any atom is 0.187 e. The second-order valence-corrected chi connectivity index (χ2v) is 5.52. The van der Waals surface area contributed by atoms with E-state index in [0.717, 1.165) is 0 Å². The number of pyridine rings is 1. The third kappa shape index (κ3) is 3.53. The van der Waals surface area contributed by atoms with Crippen LogP contribution in [-0.4, -0.2) is 10.8 Å². The lowest BCUT2D eigenvalue weighted by atomic mass is 10.1. The van der Waals surface area contributed by atoms with E-state index in [4.69, 9.17) is 23.2 Å². The van der Waals surface area contributed by atoms with Crippen LogP contribution in [0.3, 0.4) is 0 Å². The minimum atomic E-state index is -0.402. The van der Waals surface area contributed by atoms with Crippen molar-refractivity contribution in [1.29, 1.82) is 0 Å². The van der Waals surface area contributed by atoms with Crippen LogP contribution in [0.25, 0.3) is 0 Å². The molecule has 19 heavy (non-hydrogen) atoms. The van der Waals surface area contributed by atoms with Crippen LogP contribution in [0.5, 0.6) is 0 Å². The summed E-state index contributed by atoms with van der Waals surface area (Å²) < 4.78 is 13.8. The van der Waals surface area contributed by atoms with Gasteiger partial charge >= 0.3 is 0 Å². The molecule has 0 unspecified atom stereocenters. The van der Waals surface area contributed by atoms with E-state index in [1.807, 2.05) is 0 Å². The maximum absolute atomic E-state index is 13.1. The van der Waals surface area contributed by atoms with E-state index in [0.29, 0.717) is 15.1 Å². The van der Waals surface area contributed by atoms with Crippen molar-refractivity contribution in [3.05, 3.63) is 62.1 Å². The quantitative estimate of drug-likeness (QED) is 0.739. The van der Waals surface area contributed by atoms with Gasteiger partial charge in [-0.3, -0.25) is 4.79 Å². The summed E-state index contributed by atoms with van der Waals surface area (Å²) >= 11 is 14.9. The Bertz CT molecular complexity index is 649. The van der Waals surface area contributed by atoms with Gasteiger partial charge in [0.2, 0.25) is 0 Å². The molecule has 0 saturated heterocycles. The molecule has 0 aliphatic carbocycles. The first kappa shape index (κ1) is 14.4. The van der Waals surface area contributed by atoms with Gasteiger partial charge in [0.15, 0.2) is 5.78 Å². The number of carbonyl (C=O) groups is 1. The number of ketones is 1. The third-order valence-corrected chi connectivity index (χ3v) is 3.70. The van der Waals surface area contributed by atoms with Crippen molar-refractivity contribution in [2.75, 3.05) is 0 Å². The van der Waals surface area contributed by atoms with E-state index in [1.54, 1.807) is 6.07 Å². The number of halogens is 4. The average Bonchev–Trinajstić information content (AvgIpc) is 2.33. The van der Waals surface area contributed by atoms with Crippen LogP contribution in [-0.2, 0) is 6.42 Å². The molecule has 2 aromatic rings. The fourth-order valence-corrected chi connectivity index (χ4v) is 2.43. The van der Waals surface area contributed by atoms with Gasteiger partial charge in [-0.2, -0.15) is 0 Å². The Kier molecular flexibility index (Phi) is 4.55. The Morgan fingerprint density at radius 3 is 2.74 bits per heavy atom. The van der Waals surface area contributed by atoms with Crippen LogP contribution in [0.4, 0.5) is 4.39 Å². The highest BCUT2D eigenvalue weighted by Crippen LogP contribution is 2.23. The molecule has 98 valence electrons. The summed E-state index contributed by atoms with van der Waals surface area (Å²) in [5, 5.41) is 0.540. The Balaban J connectivity index is 2.28. The van der Waals surface area contributed by atoms with E-state index < -0.39 is 5.82 Å². The molecule has 0 amide bonds. The number of nitrogens with zero attached hydrogens (tertiary/aromatic N) is 1. The lowest BCUT2D eigenvalue weighted by Gasteiger charge is -2.05. The lowest BCUT2D eigenvalue weighted by molar-refractivity contribution is 0.0988. The van der Waals surface area contributed by atoms with Crippen molar-refractivity contribution in [2.45, 2.75) is 6.42 Å². The van der Waals surface area contributed by atoms with Crippen LogP contribution in [0.15, 0.2) is 34.9 Å². The van der Waals surface area contributed by atoms with Crippen LogP contribution < -0.4 is 0 Å². The van der Waals surface area contributed by atoms with E-state index >= 15 is 0 Å². The van der Waals surface area contributed by atoms with Gasteiger partial charge in [-0.15, -0.1) is 0 Å². The predicted octanol–water partition coefficient (Wildman–Crippen LogP) is 4.72. The number of rotatable bonds is 3. The van der Waals surface area contributed by atoms with Gasteiger partial charge in [-0.25, -0.2) is 9.37 Å². The molecule has 2 nitrogen and oxygen atoms in total. The second-order valence-electron chi connectivity index (χ2n) is 3.82. The molecule has 1 aromatic carbocycles. The normalized spacial score (nSPS) is 10.5. The number of hydrogen-bond acceptors (Lipinski definition) is 2. The van der Waals surface area contributed by atoms with Crippen molar-refractivity contribution in [1.82, 2.24) is 4.98 Å².